The SMILES string of the molecule is CCCCCC(C)(C)Nc1nc(N)nc(N)n1. The van der Waals surface area contributed by atoms with Crippen LogP contribution in [0, 0.1) is 0 Å². The summed E-state index contributed by atoms with van der Waals surface area (Å²) in [5.41, 5.74) is 11.0. The van der Waals surface area contributed by atoms with Crippen LogP contribution < -0.4 is 16.8 Å². The first kappa shape index (κ1) is 13.5. The first-order chi connectivity index (χ1) is 7.93. The topological polar surface area (TPSA) is 103 Å². The number of rotatable bonds is 6. The van der Waals surface area contributed by atoms with Crippen LogP contribution in [0.5, 0.6) is 0 Å². The Hall–Kier alpha value is -1.59. The summed E-state index contributed by atoms with van der Waals surface area (Å²) >= 11 is 0. The van der Waals surface area contributed by atoms with Gasteiger partial charge in [-0.1, -0.05) is 26.2 Å². The molecule has 0 amide bonds. The predicted molar refractivity (Wildman–Crippen MR) is 70.5 cm³/mol. The van der Waals surface area contributed by atoms with Gasteiger partial charge in [-0.15, -0.1) is 0 Å². The maximum atomic E-state index is 5.52. The molecule has 6 heteroatoms. The number of nitrogen functional groups attached to an aromatic ring is 2. The molecule has 96 valence electrons. The first-order valence-electron chi connectivity index (χ1n) is 5.98. The zero-order valence-corrected chi connectivity index (χ0v) is 10.8. The van der Waals surface area contributed by atoms with Gasteiger partial charge in [-0.2, -0.15) is 15.0 Å². The lowest BCUT2D eigenvalue weighted by atomic mass is 9.97. The number of anilines is 3. The highest BCUT2D eigenvalue weighted by atomic mass is 15.2. The quantitative estimate of drug-likeness (QED) is 0.653. The molecule has 0 atom stereocenters. The number of nitrogens with one attached hydrogen (secondary N) is 1. The van der Waals surface area contributed by atoms with Crippen molar-refractivity contribution in [2.24, 2.45) is 0 Å². The molecule has 5 N–H and O–H groups in total. The maximum Gasteiger partial charge on any atom is 0.229 e. The van der Waals surface area contributed by atoms with Crippen molar-refractivity contribution in [2.45, 2.75) is 52.0 Å². The van der Waals surface area contributed by atoms with Gasteiger partial charge in [0.25, 0.3) is 0 Å². The van der Waals surface area contributed by atoms with Crippen molar-refractivity contribution in [3.63, 3.8) is 0 Å². The molecule has 0 spiro atoms. The molecule has 0 aliphatic carbocycles. The van der Waals surface area contributed by atoms with Crippen LogP contribution in [0.25, 0.3) is 0 Å². The summed E-state index contributed by atoms with van der Waals surface area (Å²) in [6.45, 7) is 6.41. The van der Waals surface area contributed by atoms with Crippen LogP contribution in [-0.4, -0.2) is 20.5 Å². The molecular weight excluding hydrogens is 216 g/mol. The average molecular weight is 238 g/mol. The monoisotopic (exact) mass is 238 g/mol. The molecule has 17 heavy (non-hydrogen) atoms. The molecule has 1 aromatic heterocycles. The average Bonchev–Trinajstić information content (AvgIpc) is 2.14. The molecule has 0 saturated carbocycles. The lowest BCUT2D eigenvalue weighted by molar-refractivity contribution is 0.480. The maximum absolute atomic E-state index is 5.52. The van der Waals surface area contributed by atoms with Crippen LogP contribution in [0.3, 0.4) is 0 Å². The number of unbranched alkanes of at least 4 members (excludes halogenated alkanes) is 2. The fraction of sp³-hybridized carbons (Fsp3) is 0.727. The van der Waals surface area contributed by atoms with E-state index in [4.69, 9.17) is 11.5 Å². The number of nitrogens with zero attached hydrogens (tertiary/aromatic N) is 3. The van der Waals surface area contributed by atoms with Crippen molar-refractivity contribution < 1.29 is 0 Å². The number of hydrogen-bond donors (Lipinski definition) is 3. The largest absolute Gasteiger partial charge is 0.368 e. The van der Waals surface area contributed by atoms with E-state index < -0.39 is 0 Å². The minimum Gasteiger partial charge on any atom is -0.368 e. The Morgan fingerprint density at radius 1 is 1.06 bits per heavy atom. The van der Waals surface area contributed by atoms with Gasteiger partial charge in [0.15, 0.2) is 0 Å². The van der Waals surface area contributed by atoms with Crippen LogP contribution in [0.1, 0.15) is 46.5 Å². The van der Waals surface area contributed by atoms with Crippen LogP contribution in [-0.2, 0) is 0 Å². The van der Waals surface area contributed by atoms with E-state index in [0.29, 0.717) is 5.95 Å². The molecule has 6 nitrogen and oxygen atoms in total. The predicted octanol–water partition coefficient (Wildman–Crippen LogP) is 1.81. The highest BCUT2D eigenvalue weighted by molar-refractivity contribution is 5.38. The van der Waals surface area contributed by atoms with E-state index in [9.17, 15) is 0 Å². The van der Waals surface area contributed by atoms with Crippen LogP contribution in [0.4, 0.5) is 17.8 Å². The summed E-state index contributed by atoms with van der Waals surface area (Å²) in [5, 5.41) is 3.24. The molecule has 0 aliphatic rings. The van der Waals surface area contributed by atoms with E-state index in [1.165, 1.54) is 19.3 Å². The Balaban J connectivity index is 2.62. The van der Waals surface area contributed by atoms with Crippen molar-refractivity contribution >= 4 is 17.8 Å². The van der Waals surface area contributed by atoms with Gasteiger partial charge in [-0.3, -0.25) is 0 Å². The van der Waals surface area contributed by atoms with Gasteiger partial charge in [-0.05, 0) is 20.3 Å². The zero-order chi connectivity index (χ0) is 12.9. The van der Waals surface area contributed by atoms with E-state index >= 15 is 0 Å². The third-order valence-corrected chi connectivity index (χ3v) is 2.53. The highest BCUT2D eigenvalue weighted by Gasteiger charge is 2.18. The summed E-state index contributed by atoms with van der Waals surface area (Å²) in [6, 6.07) is 0. The van der Waals surface area contributed by atoms with Crippen molar-refractivity contribution in [1.82, 2.24) is 15.0 Å². The Morgan fingerprint density at radius 2 is 1.65 bits per heavy atom. The van der Waals surface area contributed by atoms with Crippen molar-refractivity contribution in [3.8, 4) is 0 Å². The third kappa shape index (κ3) is 4.84. The molecule has 0 fully saturated rings. The standard InChI is InChI=1S/C11H22N6/c1-4-5-6-7-11(2,3)17-10-15-8(12)14-9(13)16-10/h4-7H2,1-3H3,(H5,12,13,14,15,16,17). The molecule has 0 saturated heterocycles. The summed E-state index contributed by atoms with van der Waals surface area (Å²) in [4.78, 5) is 11.8. The molecular formula is C11H22N6. The Labute approximate surface area is 102 Å². The second kappa shape index (κ2) is 5.65. The van der Waals surface area contributed by atoms with E-state index in [1.54, 1.807) is 0 Å². The normalized spacial score (nSPS) is 11.5. The van der Waals surface area contributed by atoms with Gasteiger partial charge < -0.3 is 16.8 Å². The number of aromatic nitrogens is 3. The molecule has 1 heterocycles. The van der Waals surface area contributed by atoms with E-state index in [2.05, 4.69) is 41.0 Å². The molecule has 1 rings (SSSR count). The van der Waals surface area contributed by atoms with Crippen LogP contribution in [0.15, 0.2) is 0 Å². The zero-order valence-electron chi connectivity index (χ0n) is 10.8. The molecule has 0 aromatic carbocycles. The van der Waals surface area contributed by atoms with E-state index in [1.807, 2.05) is 0 Å². The van der Waals surface area contributed by atoms with E-state index in [-0.39, 0.29) is 17.4 Å². The summed E-state index contributed by atoms with van der Waals surface area (Å²) in [7, 11) is 0. The lowest BCUT2D eigenvalue weighted by Gasteiger charge is -2.26. The van der Waals surface area contributed by atoms with Gasteiger partial charge in [-0.25, -0.2) is 0 Å². The third-order valence-electron chi connectivity index (χ3n) is 2.53. The van der Waals surface area contributed by atoms with E-state index in [0.717, 1.165) is 6.42 Å². The van der Waals surface area contributed by atoms with Crippen LogP contribution in [0.2, 0.25) is 0 Å². The van der Waals surface area contributed by atoms with Gasteiger partial charge in [0.1, 0.15) is 0 Å². The smallest absolute Gasteiger partial charge is 0.229 e. The summed E-state index contributed by atoms with van der Waals surface area (Å²) in [5.74, 6) is 0.727. The van der Waals surface area contributed by atoms with Crippen molar-refractivity contribution in [3.05, 3.63) is 0 Å². The Bertz CT molecular complexity index is 343. The Morgan fingerprint density at radius 3 is 2.18 bits per heavy atom. The fourth-order valence-corrected chi connectivity index (χ4v) is 1.65. The van der Waals surface area contributed by atoms with Gasteiger partial charge in [0.05, 0.1) is 0 Å². The molecule has 0 aliphatic heterocycles. The second-order valence-electron chi connectivity index (χ2n) is 4.84. The summed E-state index contributed by atoms with van der Waals surface area (Å²) in [6.07, 6.45) is 4.66. The van der Waals surface area contributed by atoms with Crippen LogP contribution >= 0.6 is 0 Å². The fourth-order valence-electron chi connectivity index (χ4n) is 1.65. The molecule has 0 radical (unpaired) electrons. The van der Waals surface area contributed by atoms with Gasteiger partial charge in [0, 0.05) is 5.54 Å². The number of hydrogen-bond acceptors (Lipinski definition) is 6. The minimum atomic E-state index is -0.0740. The Kier molecular flexibility index (Phi) is 4.48. The number of nitrogens with two attached hydrogens (primary N) is 2. The van der Waals surface area contributed by atoms with Crippen molar-refractivity contribution in [2.75, 3.05) is 16.8 Å². The van der Waals surface area contributed by atoms with Gasteiger partial charge in [0.2, 0.25) is 17.8 Å². The molecule has 0 bridgehead atoms. The minimum absolute atomic E-state index is 0.0740. The first-order valence-corrected chi connectivity index (χ1v) is 5.98. The lowest BCUT2D eigenvalue weighted by Crippen LogP contribution is -2.32. The van der Waals surface area contributed by atoms with Gasteiger partial charge >= 0.3 is 0 Å². The molecule has 0 unspecified atom stereocenters. The second-order valence-corrected chi connectivity index (χ2v) is 4.84. The summed E-state index contributed by atoms with van der Waals surface area (Å²) < 4.78 is 0. The molecule has 1 aromatic rings. The highest BCUT2D eigenvalue weighted by Crippen LogP contribution is 2.19. The van der Waals surface area contributed by atoms with Crippen molar-refractivity contribution in [1.29, 1.82) is 0 Å².